The van der Waals surface area contributed by atoms with Gasteiger partial charge in [-0.2, -0.15) is 0 Å². The van der Waals surface area contributed by atoms with E-state index in [9.17, 15) is 4.39 Å². The van der Waals surface area contributed by atoms with E-state index in [1.54, 1.807) is 12.1 Å². The van der Waals surface area contributed by atoms with Gasteiger partial charge in [-0.25, -0.2) is 4.39 Å². The second-order valence-corrected chi connectivity index (χ2v) is 4.98. The van der Waals surface area contributed by atoms with Crippen molar-refractivity contribution in [1.29, 1.82) is 0 Å². The zero-order chi connectivity index (χ0) is 13.9. The fourth-order valence-corrected chi connectivity index (χ4v) is 2.37. The van der Waals surface area contributed by atoms with Gasteiger partial charge in [-0.05, 0) is 40.5 Å². The Labute approximate surface area is 122 Å². The molecule has 0 nitrogen and oxygen atoms in total. The predicted octanol–water partition coefficient (Wildman–Crippen LogP) is 5.81. The third kappa shape index (κ3) is 2.59. The summed E-state index contributed by atoms with van der Waals surface area (Å²) in [5.74, 6) is -0.394. The summed E-state index contributed by atoms with van der Waals surface area (Å²) in [6.45, 7) is 0. The topological polar surface area (TPSA) is 0 Å². The summed E-state index contributed by atoms with van der Waals surface area (Å²) in [7, 11) is 0. The van der Waals surface area contributed by atoms with Gasteiger partial charge < -0.3 is 0 Å². The van der Waals surface area contributed by atoms with Gasteiger partial charge in [0.25, 0.3) is 0 Å². The van der Waals surface area contributed by atoms with Gasteiger partial charge in [0.05, 0.1) is 5.02 Å². The van der Waals surface area contributed by atoms with Crippen molar-refractivity contribution in [3.63, 3.8) is 0 Å². The quantitative estimate of drug-likeness (QED) is 0.556. The van der Waals surface area contributed by atoms with E-state index in [0.717, 1.165) is 22.3 Å². The number of benzene rings is 3. The van der Waals surface area contributed by atoms with Crippen molar-refractivity contribution in [1.82, 2.24) is 0 Å². The van der Waals surface area contributed by atoms with Crippen molar-refractivity contribution in [2.75, 3.05) is 0 Å². The molecular formula is C18H12ClF. The molecular weight excluding hydrogens is 271 g/mol. The van der Waals surface area contributed by atoms with E-state index in [1.807, 2.05) is 30.3 Å². The van der Waals surface area contributed by atoms with Crippen molar-refractivity contribution in [3.8, 4) is 22.3 Å². The highest BCUT2D eigenvalue weighted by Crippen LogP contribution is 2.28. The molecule has 0 radical (unpaired) electrons. The fraction of sp³-hybridized carbons (Fsp3) is 0. The first kappa shape index (κ1) is 12.9. The minimum Gasteiger partial charge on any atom is -0.205 e. The maximum Gasteiger partial charge on any atom is 0.141 e. The molecule has 2 heteroatoms. The molecule has 0 amide bonds. The Morgan fingerprint density at radius 3 is 1.90 bits per heavy atom. The Morgan fingerprint density at radius 2 is 1.20 bits per heavy atom. The molecule has 0 atom stereocenters. The van der Waals surface area contributed by atoms with Crippen molar-refractivity contribution < 1.29 is 4.39 Å². The monoisotopic (exact) mass is 282 g/mol. The molecule has 0 aliphatic carbocycles. The molecule has 0 aliphatic heterocycles. The lowest BCUT2D eigenvalue weighted by Crippen LogP contribution is -1.83. The van der Waals surface area contributed by atoms with Crippen LogP contribution in [0, 0.1) is 5.82 Å². The average Bonchev–Trinajstić information content (AvgIpc) is 2.51. The van der Waals surface area contributed by atoms with Crippen LogP contribution in [0.25, 0.3) is 22.3 Å². The summed E-state index contributed by atoms with van der Waals surface area (Å²) in [6.07, 6.45) is 0. The second-order valence-electron chi connectivity index (χ2n) is 4.58. The van der Waals surface area contributed by atoms with Crippen LogP contribution < -0.4 is 0 Å². The number of hydrogen-bond acceptors (Lipinski definition) is 0. The van der Waals surface area contributed by atoms with Gasteiger partial charge >= 0.3 is 0 Å². The van der Waals surface area contributed by atoms with Crippen LogP contribution in [-0.4, -0.2) is 0 Å². The van der Waals surface area contributed by atoms with E-state index in [0.29, 0.717) is 0 Å². The van der Waals surface area contributed by atoms with Crippen molar-refractivity contribution in [2.45, 2.75) is 0 Å². The lowest BCUT2D eigenvalue weighted by Gasteiger charge is -2.07. The van der Waals surface area contributed by atoms with Crippen LogP contribution in [-0.2, 0) is 0 Å². The Kier molecular flexibility index (Phi) is 3.53. The molecule has 0 bridgehead atoms. The minimum absolute atomic E-state index is 0.146. The van der Waals surface area contributed by atoms with Gasteiger partial charge in [0.2, 0.25) is 0 Å². The van der Waals surface area contributed by atoms with Crippen LogP contribution >= 0.6 is 11.6 Å². The SMILES string of the molecule is Fc1ccc(-c2cccc(-c3ccccc3)c2)cc1Cl. The molecule has 3 rings (SSSR count). The Bertz CT molecular complexity index is 735. The van der Waals surface area contributed by atoms with Crippen LogP contribution in [0.15, 0.2) is 72.8 Å². The molecule has 0 N–H and O–H groups in total. The van der Waals surface area contributed by atoms with Crippen LogP contribution in [0.2, 0.25) is 5.02 Å². The molecule has 3 aromatic rings. The third-order valence-corrected chi connectivity index (χ3v) is 3.51. The van der Waals surface area contributed by atoms with Gasteiger partial charge in [0, 0.05) is 0 Å². The van der Waals surface area contributed by atoms with Crippen LogP contribution in [0.1, 0.15) is 0 Å². The molecule has 0 unspecified atom stereocenters. The second kappa shape index (κ2) is 5.48. The zero-order valence-corrected chi connectivity index (χ0v) is 11.4. The first-order valence-corrected chi connectivity index (χ1v) is 6.73. The first-order valence-electron chi connectivity index (χ1n) is 6.35. The number of rotatable bonds is 2. The van der Waals surface area contributed by atoms with Crippen LogP contribution in [0.3, 0.4) is 0 Å². The molecule has 3 aromatic carbocycles. The molecule has 0 heterocycles. The molecule has 0 fully saturated rings. The maximum atomic E-state index is 13.2. The summed E-state index contributed by atoms with van der Waals surface area (Å²) in [6, 6.07) is 23.1. The highest BCUT2D eigenvalue weighted by Gasteiger charge is 2.04. The Balaban J connectivity index is 2.05. The lowest BCUT2D eigenvalue weighted by atomic mass is 9.99. The van der Waals surface area contributed by atoms with Crippen LogP contribution in [0.4, 0.5) is 4.39 Å². The van der Waals surface area contributed by atoms with Gasteiger partial charge in [0.15, 0.2) is 0 Å². The number of halogens is 2. The fourth-order valence-electron chi connectivity index (χ4n) is 2.18. The number of hydrogen-bond donors (Lipinski definition) is 0. The standard InChI is InChI=1S/C18H12ClF/c19-17-12-16(9-10-18(17)20)15-8-4-7-14(11-15)13-5-2-1-3-6-13/h1-12H. The molecule has 0 aromatic heterocycles. The normalized spacial score (nSPS) is 10.5. The zero-order valence-electron chi connectivity index (χ0n) is 10.7. The van der Waals surface area contributed by atoms with E-state index in [2.05, 4.69) is 24.3 Å². The van der Waals surface area contributed by atoms with Gasteiger partial charge in [-0.1, -0.05) is 66.2 Å². The molecule has 0 spiro atoms. The summed E-state index contributed by atoms with van der Waals surface area (Å²) in [5.41, 5.74) is 4.22. The lowest BCUT2D eigenvalue weighted by molar-refractivity contribution is 0.628. The van der Waals surface area contributed by atoms with Crippen LogP contribution in [0.5, 0.6) is 0 Å². The van der Waals surface area contributed by atoms with E-state index in [-0.39, 0.29) is 5.02 Å². The smallest absolute Gasteiger partial charge is 0.141 e. The van der Waals surface area contributed by atoms with Crippen molar-refractivity contribution >= 4 is 11.6 Å². The molecule has 0 saturated carbocycles. The molecule has 98 valence electrons. The summed E-state index contributed by atoms with van der Waals surface area (Å²) in [4.78, 5) is 0. The van der Waals surface area contributed by atoms with E-state index in [1.165, 1.54) is 6.07 Å². The van der Waals surface area contributed by atoms with E-state index < -0.39 is 5.82 Å². The predicted molar refractivity (Wildman–Crippen MR) is 82.3 cm³/mol. The average molecular weight is 283 g/mol. The summed E-state index contributed by atoms with van der Waals surface area (Å²) in [5, 5.41) is 0.146. The maximum absolute atomic E-state index is 13.2. The first-order chi connectivity index (χ1) is 9.74. The largest absolute Gasteiger partial charge is 0.205 e. The Hall–Kier alpha value is -2.12. The third-order valence-electron chi connectivity index (χ3n) is 3.22. The molecule has 0 saturated heterocycles. The van der Waals surface area contributed by atoms with Crippen molar-refractivity contribution in [2.24, 2.45) is 0 Å². The van der Waals surface area contributed by atoms with Crippen molar-refractivity contribution in [3.05, 3.63) is 83.6 Å². The van der Waals surface area contributed by atoms with E-state index >= 15 is 0 Å². The van der Waals surface area contributed by atoms with Gasteiger partial charge in [-0.3, -0.25) is 0 Å². The highest BCUT2D eigenvalue weighted by molar-refractivity contribution is 6.31. The Morgan fingerprint density at radius 1 is 0.600 bits per heavy atom. The summed E-state index contributed by atoms with van der Waals surface area (Å²) < 4.78 is 13.2. The minimum atomic E-state index is -0.394. The van der Waals surface area contributed by atoms with Gasteiger partial charge in [-0.15, -0.1) is 0 Å². The molecule has 0 aliphatic rings. The highest BCUT2D eigenvalue weighted by atomic mass is 35.5. The molecule has 20 heavy (non-hydrogen) atoms. The van der Waals surface area contributed by atoms with E-state index in [4.69, 9.17) is 11.6 Å². The van der Waals surface area contributed by atoms with Gasteiger partial charge in [0.1, 0.15) is 5.82 Å². The summed E-state index contributed by atoms with van der Waals surface area (Å²) >= 11 is 5.85.